The second-order valence-electron chi connectivity index (χ2n) is 4.77. The van der Waals surface area contributed by atoms with Crippen molar-refractivity contribution in [2.75, 3.05) is 11.9 Å². The lowest BCUT2D eigenvalue weighted by molar-refractivity contribution is -0.127. The standard InChI is InChI=1S/C13H12N4O4S/c18-10(16-17-6-11(19)15-13(17)21)5-9-12(20)14-7-3-1-2-4-8(7)22-9/h1-4,9H,5-6H2,(H,14,20)(H,16,18)(H,15,19,21). The predicted molar refractivity (Wildman–Crippen MR) is 77.7 cm³/mol. The number of thioether (sulfide) groups is 1. The van der Waals surface area contributed by atoms with Crippen LogP contribution in [0, 0.1) is 0 Å². The van der Waals surface area contributed by atoms with E-state index in [4.69, 9.17) is 0 Å². The van der Waals surface area contributed by atoms with Gasteiger partial charge in [0.2, 0.25) is 17.7 Å². The quantitative estimate of drug-likeness (QED) is 0.683. The third kappa shape index (κ3) is 2.89. The maximum Gasteiger partial charge on any atom is 0.343 e. The number of urea groups is 1. The van der Waals surface area contributed by atoms with Crippen LogP contribution in [0.3, 0.4) is 0 Å². The van der Waals surface area contributed by atoms with E-state index in [9.17, 15) is 19.2 Å². The van der Waals surface area contributed by atoms with E-state index >= 15 is 0 Å². The molecular weight excluding hydrogens is 308 g/mol. The Morgan fingerprint density at radius 2 is 2.05 bits per heavy atom. The molecule has 0 saturated carbocycles. The Labute approximate surface area is 129 Å². The zero-order valence-electron chi connectivity index (χ0n) is 11.3. The molecule has 3 rings (SSSR count). The van der Waals surface area contributed by atoms with Gasteiger partial charge < -0.3 is 5.32 Å². The van der Waals surface area contributed by atoms with Crippen molar-refractivity contribution in [3.05, 3.63) is 24.3 Å². The van der Waals surface area contributed by atoms with Gasteiger partial charge in [0.05, 0.1) is 10.9 Å². The first-order valence-electron chi connectivity index (χ1n) is 6.50. The second-order valence-corrected chi connectivity index (χ2v) is 6.02. The first-order chi connectivity index (χ1) is 10.5. The molecule has 114 valence electrons. The molecule has 0 aliphatic carbocycles. The monoisotopic (exact) mass is 320 g/mol. The van der Waals surface area contributed by atoms with Crippen LogP contribution in [0.4, 0.5) is 10.5 Å². The first-order valence-corrected chi connectivity index (χ1v) is 7.38. The highest BCUT2D eigenvalue weighted by Gasteiger charge is 2.32. The number of rotatable bonds is 3. The highest BCUT2D eigenvalue weighted by atomic mass is 32.2. The Morgan fingerprint density at radius 3 is 2.77 bits per heavy atom. The molecule has 0 bridgehead atoms. The number of para-hydroxylation sites is 1. The number of anilines is 1. The molecule has 1 atom stereocenters. The molecule has 0 aromatic heterocycles. The summed E-state index contributed by atoms with van der Waals surface area (Å²) in [7, 11) is 0. The molecule has 2 aliphatic heterocycles. The number of benzene rings is 1. The molecule has 0 radical (unpaired) electrons. The van der Waals surface area contributed by atoms with E-state index < -0.39 is 23.1 Å². The molecule has 8 nitrogen and oxygen atoms in total. The Bertz CT molecular complexity index is 678. The zero-order chi connectivity index (χ0) is 15.7. The van der Waals surface area contributed by atoms with Gasteiger partial charge in [0.15, 0.2) is 0 Å². The van der Waals surface area contributed by atoms with Crippen LogP contribution in [0.1, 0.15) is 6.42 Å². The number of nitrogens with one attached hydrogen (secondary N) is 3. The molecule has 3 N–H and O–H groups in total. The number of carbonyl (C=O) groups excluding carboxylic acids is 4. The number of imide groups is 1. The van der Waals surface area contributed by atoms with Crippen molar-refractivity contribution in [1.82, 2.24) is 15.8 Å². The van der Waals surface area contributed by atoms with E-state index in [0.29, 0.717) is 0 Å². The van der Waals surface area contributed by atoms with Crippen molar-refractivity contribution in [2.45, 2.75) is 16.6 Å². The summed E-state index contributed by atoms with van der Waals surface area (Å²) in [5, 5.41) is 5.09. The van der Waals surface area contributed by atoms with Crippen LogP contribution in [0.15, 0.2) is 29.2 Å². The number of hydrazine groups is 1. The minimum Gasteiger partial charge on any atom is -0.324 e. The maximum absolute atomic E-state index is 12.0. The number of hydrogen-bond donors (Lipinski definition) is 3. The van der Waals surface area contributed by atoms with Gasteiger partial charge in [-0.3, -0.25) is 25.1 Å². The van der Waals surface area contributed by atoms with Crippen molar-refractivity contribution < 1.29 is 19.2 Å². The van der Waals surface area contributed by atoms with E-state index in [0.717, 1.165) is 15.6 Å². The van der Waals surface area contributed by atoms with Crippen LogP contribution in [-0.2, 0) is 14.4 Å². The van der Waals surface area contributed by atoms with Gasteiger partial charge >= 0.3 is 6.03 Å². The van der Waals surface area contributed by atoms with Crippen molar-refractivity contribution in [2.24, 2.45) is 0 Å². The van der Waals surface area contributed by atoms with E-state index in [1.54, 1.807) is 6.07 Å². The van der Waals surface area contributed by atoms with Crippen molar-refractivity contribution in [3.63, 3.8) is 0 Å². The lowest BCUT2D eigenvalue weighted by atomic mass is 10.2. The minimum atomic E-state index is -0.676. The summed E-state index contributed by atoms with van der Waals surface area (Å²) >= 11 is 1.29. The van der Waals surface area contributed by atoms with Gasteiger partial charge in [0.25, 0.3) is 0 Å². The molecule has 1 fully saturated rings. The number of carbonyl (C=O) groups is 4. The molecule has 2 aliphatic rings. The summed E-state index contributed by atoms with van der Waals surface area (Å²) in [4.78, 5) is 47.2. The van der Waals surface area contributed by atoms with Gasteiger partial charge in [-0.2, -0.15) is 0 Å². The van der Waals surface area contributed by atoms with Crippen molar-refractivity contribution >= 4 is 41.2 Å². The fourth-order valence-electron chi connectivity index (χ4n) is 2.12. The second kappa shape index (κ2) is 5.68. The van der Waals surface area contributed by atoms with Gasteiger partial charge in [0, 0.05) is 11.3 Å². The molecule has 1 aromatic carbocycles. The third-order valence-electron chi connectivity index (χ3n) is 3.13. The van der Waals surface area contributed by atoms with Gasteiger partial charge in [0.1, 0.15) is 6.54 Å². The average Bonchev–Trinajstić information content (AvgIpc) is 2.77. The number of amides is 5. The molecule has 9 heteroatoms. The van der Waals surface area contributed by atoms with Gasteiger partial charge in [-0.15, -0.1) is 11.8 Å². The molecule has 1 aromatic rings. The van der Waals surface area contributed by atoms with E-state index in [1.807, 2.05) is 23.5 Å². The van der Waals surface area contributed by atoms with E-state index in [2.05, 4.69) is 10.7 Å². The summed E-state index contributed by atoms with van der Waals surface area (Å²) in [5.41, 5.74) is 3.04. The normalized spacial score (nSPS) is 20.3. The highest BCUT2D eigenvalue weighted by Crippen LogP contribution is 2.36. The van der Waals surface area contributed by atoms with Crippen LogP contribution in [0.2, 0.25) is 0 Å². The molecule has 0 spiro atoms. The van der Waals surface area contributed by atoms with Crippen LogP contribution in [0.5, 0.6) is 0 Å². The number of nitrogens with zero attached hydrogens (tertiary/aromatic N) is 1. The van der Waals surface area contributed by atoms with E-state index in [1.165, 1.54) is 11.8 Å². The van der Waals surface area contributed by atoms with Gasteiger partial charge in [-0.1, -0.05) is 12.1 Å². The van der Waals surface area contributed by atoms with Crippen LogP contribution in [0.25, 0.3) is 0 Å². The summed E-state index contributed by atoms with van der Waals surface area (Å²) in [6.07, 6.45) is -0.0944. The van der Waals surface area contributed by atoms with Crippen LogP contribution >= 0.6 is 11.8 Å². The largest absolute Gasteiger partial charge is 0.343 e. The Kier molecular flexibility index (Phi) is 3.72. The van der Waals surface area contributed by atoms with Gasteiger partial charge in [-0.25, -0.2) is 9.80 Å². The average molecular weight is 320 g/mol. The fraction of sp³-hybridized carbons (Fsp3) is 0.231. The lowest BCUT2D eigenvalue weighted by Crippen LogP contribution is -2.46. The Hall–Kier alpha value is -2.55. The summed E-state index contributed by atoms with van der Waals surface area (Å²) < 4.78 is 0. The summed E-state index contributed by atoms with van der Waals surface area (Å²) in [5.74, 6) is -1.25. The molecular formula is C13H12N4O4S. The smallest absolute Gasteiger partial charge is 0.324 e. The Balaban J connectivity index is 1.61. The molecule has 1 saturated heterocycles. The molecule has 22 heavy (non-hydrogen) atoms. The highest BCUT2D eigenvalue weighted by molar-refractivity contribution is 8.01. The number of fused-ring (bicyclic) bond motifs is 1. The van der Waals surface area contributed by atoms with Gasteiger partial charge in [-0.05, 0) is 12.1 Å². The Morgan fingerprint density at radius 1 is 1.27 bits per heavy atom. The maximum atomic E-state index is 12.0. The summed E-state index contributed by atoms with van der Waals surface area (Å²) in [6.45, 7) is -0.225. The zero-order valence-corrected chi connectivity index (χ0v) is 12.1. The minimum absolute atomic E-state index is 0.0944. The van der Waals surface area contributed by atoms with Crippen LogP contribution < -0.4 is 16.1 Å². The first kappa shape index (κ1) is 14.4. The van der Waals surface area contributed by atoms with Crippen LogP contribution in [-0.4, -0.2) is 40.6 Å². The predicted octanol–water partition coefficient (Wildman–Crippen LogP) is 0.0725. The SMILES string of the molecule is O=C1CN(NC(=O)CC2Sc3ccccc3NC2=O)C(=O)N1. The topological polar surface area (TPSA) is 108 Å². The molecule has 1 unspecified atom stereocenters. The molecule has 2 heterocycles. The third-order valence-corrected chi connectivity index (χ3v) is 4.41. The number of hydrogen-bond acceptors (Lipinski definition) is 5. The van der Waals surface area contributed by atoms with E-state index in [-0.39, 0.29) is 18.9 Å². The van der Waals surface area contributed by atoms with Crippen molar-refractivity contribution in [3.8, 4) is 0 Å². The molecule has 5 amide bonds. The van der Waals surface area contributed by atoms with Crippen molar-refractivity contribution in [1.29, 1.82) is 0 Å². The summed E-state index contributed by atoms with van der Waals surface area (Å²) in [6, 6.07) is 6.63. The fourth-order valence-corrected chi connectivity index (χ4v) is 3.23. The lowest BCUT2D eigenvalue weighted by Gasteiger charge is -2.24.